The maximum absolute atomic E-state index is 4.54. The number of aromatic nitrogens is 4. The second-order valence-electron chi connectivity index (χ2n) is 6.24. The average molecular weight is 343 g/mol. The zero-order valence-corrected chi connectivity index (χ0v) is 14.7. The van der Waals surface area contributed by atoms with Gasteiger partial charge in [-0.1, -0.05) is 42.5 Å². The minimum atomic E-state index is 0.0435. The van der Waals surface area contributed by atoms with Crippen molar-refractivity contribution in [2.75, 3.05) is 0 Å². The van der Waals surface area contributed by atoms with Gasteiger partial charge < -0.3 is 4.57 Å². The lowest BCUT2D eigenvalue weighted by atomic mass is 10.1. The molecule has 1 unspecified atom stereocenters. The maximum Gasteiger partial charge on any atom is 0.130 e. The SMILES string of the molecule is Cn1ccnc1C(NCc1ccc(-n2cccn2)cc1)c1ccccc1. The van der Waals surface area contributed by atoms with Gasteiger partial charge in [0.15, 0.2) is 0 Å². The van der Waals surface area contributed by atoms with Gasteiger partial charge in [0.2, 0.25) is 0 Å². The number of nitrogens with one attached hydrogen (secondary N) is 1. The van der Waals surface area contributed by atoms with Crippen LogP contribution in [0.5, 0.6) is 0 Å². The van der Waals surface area contributed by atoms with Crippen molar-refractivity contribution in [3.8, 4) is 5.69 Å². The van der Waals surface area contributed by atoms with E-state index >= 15 is 0 Å². The van der Waals surface area contributed by atoms with Crippen molar-refractivity contribution in [2.45, 2.75) is 12.6 Å². The van der Waals surface area contributed by atoms with Crippen LogP contribution < -0.4 is 5.32 Å². The molecule has 0 fully saturated rings. The number of imidazole rings is 1. The van der Waals surface area contributed by atoms with Crippen LogP contribution in [-0.4, -0.2) is 19.3 Å². The fraction of sp³-hybridized carbons (Fsp3) is 0.143. The number of hydrogen-bond donors (Lipinski definition) is 1. The zero-order chi connectivity index (χ0) is 17.8. The molecule has 0 aliphatic rings. The second-order valence-corrected chi connectivity index (χ2v) is 6.24. The summed E-state index contributed by atoms with van der Waals surface area (Å²) in [4.78, 5) is 4.54. The summed E-state index contributed by atoms with van der Waals surface area (Å²) in [5.41, 5.74) is 3.48. The lowest BCUT2D eigenvalue weighted by Gasteiger charge is -2.19. The minimum absolute atomic E-state index is 0.0435. The molecule has 0 saturated heterocycles. The molecule has 0 aliphatic carbocycles. The zero-order valence-electron chi connectivity index (χ0n) is 14.7. The summed E-state index contributed by atoms with van der Waals surface area (Å²) in [6.45, 7) is 0.756. The Kier molecular flexibility index (Phi) is 4.62. The van der Waals surface area contributed by atoms with Crippen molar-refractivity contribution in [3.05, 3.63) is 102 Å². The molecule has 5 heteroatoms. The molecule has 0 amide bonds. The highest BCUT2D eigenvalue weighted by molar-refractivity contribution is 5.34. The highest BCUT2D eigenvalue weighted by atomic mass is 15.3. The lowest BCUT2D eigenvalue weighted by Crippen LogP contribution is -2.24. The first-order valence-corrected chi connectivity index (χ1v) is 8.66. The molecule has 2 heterocycles. The molecule has 130 valence electrons. The van der Waals surface area contributed by atoms with Gasteiger partial charge in [-0.15, -0.1) is 0 Å². The van der Waals surface area contributed by atoms with Crippen LogP contribution in [0.2, 0.25) is 0 Å². The minimum Gasteiger partial charge on any atom is -0.336 e. The van der Waals surface area contributed by atoms with E-state index in [4.69, 9.17) is 0 Å². The molecule has 0 radical (unpaired) electrons. The number of nitrogens with zero attached hydrogens (tertiary/aromatic N) is 4. The van der Waals surface area contributed by atoms with Gasteiger partial charge in [-0.3, -0.25) is 5.32 Å². The molecule has 1 atom stereocenters. The summed E-state index contributed by atoms with van der Waals surface area (Å²) in [6, 6.07) is 20.8. The van der Waals surface area contributed by atoms with E-state index in [1.807, 2.05) is 42.5 Å². The van der Waals surface area contributed by atoms with Crippen LogP contribution >= 0.6 is 0 Å². The van der Waals surface area contributed by atoms with Crippen LogP contribution in [-0.2, 0) is 13.6 Å². The third kappa shape index (κ3) is 3.43. The van der Waals surface area contributed by atoms with E-state index in [1.54, 1.807) is 6.20 Å². The number of benzene rings is 2. The molecule has 5 nitrogen and oxygen atoms in total. The van der Waals surface area contributed by atoms with Crippen LogP contribution in [0.4, 0.5) is 0 Å². The Morgan fingerprint density at radius 3 is 2.38 bits per heavy atom. The van der Waals surface area contributed by atoms with Crippen LogP contribution in [0.15, 0.2) is 85.5 Å². The smallest absolute Gasteiger partial charge is 0.130 e. The van der Waals surface area contributed by atoms with Crippen molar-refractivity contribution < 1.29 is 0 Å². The van der Waals surface area contributed by atoms with E-state index < -0.39 is 0 Å². The Bertz CT molecular complexity index is 940. The van der Waals surface area contributed by atoms with Crippen LogP contribution in [0, 0.1) is 0 Å². The summed E-state index contributed by atoms with van der Waals surface area (Å²) in [5.74, 6) is 1.00. The Morgan fingerprint density at radius 2 is 1.73 bits per heavy atom. The molecule has 0 spiro atoms. The van der Waals surface area contributed by atoms with Gasteiger partial charge in [0.1, 0.15) is 5.82 Å². The third-order valence-electron chi connectivity index (χ3n) is 4.47. The number of rotatable bonds is 6. The van der Waals surface area contributed by atoms with Gasteiger partial charge in [0.05, 0.1) is 11.7 Å². The Hall–Kier alpha value is -3.18. The van der Waals surface area contributed by atoms with E-state index in [-0.39, 0.29) is 6.04 Å². The van der Waals surface area contributed by atoms with Gasteiger partial charge >= 0.3 is 0 Å². The Morgan fingerprint density at radius 1 is 0.923 bits per heavy atom. The third-order valence-corrected chi connectivity index (χ3v) is 4.47. The summed E-state index contributed by atoms with van der Waals surface area (Å²) in [7, 11) is 2.03. The van der Waals surface area contributed by atoms with Gasteiger partial charge in [-0.2, -0.15) is 5.10 Å². The quantitative estimate of drug-likeness (QED) is 0.583. The standard InChI is InChI=1S/C21H21N5/c1-25-15-13-22-21(25)20(18-6-3-2-4-7-18)23-16-17-8-10-19(11-9-17)26-14-5-12-24-26/h2-15,20,23H,16H2,1H3. The molecular weight excluding hydrogens is 322 g/mol. The molecule has 0 aliphatic heterocycles. The first-order chi connectivity index (χ1) is 12.8. The second kappa shape index (κ2) is 7.37. The maximum atomic E-state index is 4.54. The summed E-state index contributed by atoms with van der Waals surface area (Å²) in [5, 5.41) is 7.91. The number of hydrogen-bond acceptors (Lipinski definition) is 3. The van der Waals surface area contributed by atoms with Crippen LogP contribution in [0.3, 0.4) is 0 Å². The van der Waals surface area contributed by atoms with Gasteiger partial charge in [0.25, 0.3) is 0 Å². The predicted molar refractivity (Wildman–Crippen MR) is 102 cm³/mol. The molecule has 1 N–H and O–H groups in total. The van der Waals surface area contributed by atoms with Crippen molar-refractivity contribution in [3.63, 3.8) is 0 Å². The lowest BCUT2D eigenvalue weighted by molar-refractivity contribution is 0.558. The summed E-state index contributed by atoms with van der Waals surface area (Å²) >= 11 is 0. The van der Waals surface area contributed by atoms with Crippen LogP contribution in [0.1, 0.15) is 23.0 Å². The molecule has 2 aromatic carbocycles. The summed E-state index contributed by atoms with van der Waals surface area (Å²) < 4.78 is 3.92. The summed E-state index contributed by atoms with van der Waals surface area (Å²) in [6.07, 6.45) is 7.55. The fourth-order valence-corrected chi connectivity index (χ4v) is 3.07. The van der Waals surface area contributed by atoms with Crippen molar-refractivity contribution in [1.82, 2.24) is 24.6 Å². The van der Waals surface area contributed by atoms with Crippen molar-refractivity contribution in [2.24, 2.45) is 7.05 Å². The average Bonchev–Trinajstić information content (AvgIpc) is 3.36. The van der Waals surface area contributed by atoms with Gasteiger partial charge in [-0.05, 0) is 29.3 Å². The first-order valence-electron chi connectivity index (χ1n) is 8.66. The normalized spacial score (nSPS) is 12.2. The topological polar surface area (TPSA) is 47.7 Å². The molecule has 2 aromatic heterocycles. The fourth-order valence-electron chi connectivity index (χ4n) is 3.07. The van der Waals surface area contributed by atoms with Crippen molar-refractivity contribution in [1.29, 1.82) is 0 Å². The van der Waals surface area contributed by atoms with Crippen LogP contribution in [0.25, 0.3) is 5.69 Å². The van der Waals surface area contributed by atoms with E-state index in [0.717, 1.165) is 18.1 Å². The van der Waals surface area contributed by atoms with E-state index in [9.17, 15) is 0 Å². The van der Waals surface area contributed by atoms with E-state index in [0.29, 0.717) is 0 Å². The molecule has 4 rings (SSSR count). The monoisotopic (exact) mass is 343 g/mol. The first kappa shape index (κ1) is 16.3. The Balaban J connectivity index is 1.53. The van der Waals surface area contributed by atoms with Crippen molar-refractivity contribution >= 4 is 0 Å². The van der Waals surface area contributed by atoms with Gasteiger partial charge in [-0.25, -0.2) is 9.67 Å². The van der Waals surface area contributed by atoms with E-state index in [1.165, 1.54) is 11.1 Å². The molecular formula is C21H21N5. The predicted octanol–water partition coefficient (Wildman–Crippen LogP) is 3.49. The molecule has 4 aromatic rings. The highest BCUT2D eigenvalue weighted by Crippen LogP contribution is 2.21. The Labute approximate surface area is 152 Å². The van der Waals surface area contributed by atoms with E-state index in [2.05, 4.69) is 68.5 Å². The largest absolute Gasteiger partial charge is 0.336 e. The number of aryl methyl sites for hydroxylation is 1. The highest BCUT2D eigenvalue weighted by Gasteiger charge is 2.17. The molecule has 0 bridgehead atoms. The molecule has 26 heavy (non-hydrogen) atoms. The molecule has 0 saturated carbocycles. The van der Waals surface area contributed by atoms with Gasteiger partial charge in [0, 0.05) is 38.4 Å².